The quantitative estimate of drug-likeness (QED) is 0.728. The number of halogens is 1. The normalized spacial score (nSPS) is 29.8. The summed E-state index contributed by atoms with van der Waals surface area (Å²) in [5, 5.41) is 0. The van der Waals surface area contributed by atoms with Gasteiger partial charge in [0, 0.05) is 25.7 Å². The van der Waals surface area contributed by atoms with Gasteiger partial charge in [0.25, 0.3) is 0 Å². The molecule has 1 heterocycles. The predicted molar refractivity (Wildman–Crippen MR) is 66.1 cm³/mol. The highest BCUT2D eigenvalue weighted by atomic mass is 35.5. The molecule has 96 valence electrons. The Morgan fingerprint density at radius 2 is 2.19 bits per heavy atom. The maximum atomic E-state index is 5.76. The molecule has 2 unspecified atom stereocenters. The van der Waals surface area contributed by atoms with Crippen molar-refractivity contribution >= 4 is 12.4 Å². The van der Waals surface area contributed by atoms with Crippen molar-refractivity contribution in [3.63, 3.8) is 0 Å². The molecule has 0 radical (unpaired) electrons. The second-order valence-electron chi connectivity index (χ2n) is 4.34. The van der Waals surface area contributed by atoms with Gasteiger partial charge in [0.1, 0.15) is 0 Å². The predicted octanol–water partition coefficient (Wildman–Crippen LogP) is 0.637. The first-order valence-electron chi connectivity index (χ1n) is 6.05. The van der Waals surface area contributed by atoms with Crippen LogP contribution < -0.4 is 5.73 Å². The number of ether oxygens (including phenoxy) is 2. The standard InChI is InChI=1S/C11H22N2O2.ClH/c12-4-7-14-8-5-13-6-9-15-11-3-1-2-10(11)13;/h10-11H,1-9,12H2;1H. The van der Waals surface area contributed by atoms with Crippen molar-refractivity contribution in [2.75, 3.05) is 39.5 Å². The summed E-state index contributed by atoms with van der Waals surface area (Å²) in [4.78, 5) is 2.53. The van der Waals surface area contributed by atoms with Gasteiger partial charge in [-0.1, -0.05) is 0 Å². The highest BCUT2D eigenvalue weighted by Crippen LogP contribution is 2.29. The third-order valence-electron chi connectivity index (χ3n) is 3.38. The lowest BCUT2D eigenvalue weighted by molar-refractivity contribution is -0.0623. The molecule has 2 rings (SSSR count). The van der Waals surface area contributed by atoms with Gasteiger partial charge in [-0.25, -0.2) is 0 Å². The number of hydrogen-bond acceptors (Lipinski definition) is 4. The van der Waals surface area contributed by atoms with Crippen LogP contribution in [0.15, 0.2) is 0 Å². The second kappa shape index (κ2) is 7.45. The lowest BCUT2D eigenvalue weighted by atomic mass is 10.1. The lowest BCUT2D eigenvalue weighted by Gasteiger charge is -2.37. The van der Waals surface area contributed by atoms with Gasteiger partial charge in [0.15, 0.2) is 0 Å². The van der Waals surface area contributed by atoms with Crippen LogP contribution in [-0.2, 0) is 9.47 Å². The Labute approximate surface area is 104 Å². The van der Waals surface area contributed by atoms with Gasteiger partial charge in [0.2, 0.25) is 0 Å². The molecule has 0 bridgehead atoms. The molecule has 5 heteroatoms. The van der Waals surface area contributed by atoms with Crippen LogP contribution in [0.3, 0.4) is 0 Å². The molecule has 4 nitrogen and oxygen atoms in total. The number of hydrogen-bond donors (Lipinski definition) is 1. The van der Waals surface area contributed by atoms with Crippen molar-refractivity contribution in [2.45, 2.75) is 31.4 Å². The number of nitrogens with two attached hydrogens (primary N) is 1. The molecule has 0 aromatic carbocycles. The van der Waals surface area contributed by atoms with E-state index in [4.69, 9.17) is 15.2 Å². The molecule has 0 amide bonds. The highest BCUT2D eigenvalue weighted by Gasteiger charge is 2.35. The van der Waals surface area contributed by atoms with E-state index in [-0.39, 0.29) is 12.4 Å². The molecule has 1 aliphatic heterocycles. The van der Waals surface area contributed by atoms with E-state index in [2.05, 4.69) is 4.90 Å². The monoisotopic (exact) mass is 250 g/mol. The largest absolute Gasteiger partial charge is 0.379 e. The third kappa shape index (κ3) is 3.57. The van der Waals surface area contributed by atoms with Gasteiger partial charge >= 0.3 is 0 Å². The maximum absolute atomic E-state index is 5.76. The maximum Gasteiger partial charge on any atom is 0.0730 e. The minimum Gasteiger partial charge on any atom is -0.379 e. The molecule has 2 aliphatic rings. The lowest BCUT2D eigenvalue weighted by Crippen LogP contribution is -2.49. The van der Waals surface area contributed by atoms with Crippen LogP contribution in [0.2, 0.25) is 0 Å². The number of rotatable bonds is 5. The minimum atomic E-state index is 0. The van der Waals surface area contributed by atoms with Crippen LogP contribution in [-0.4, -0.2) is 56.5 Å². The van der Waals surface area contributed by atoms with Gasteiger partial charge < -0.3 is 15.2 Å². The average Bonchev–Trinajstić information content (AvgIpc) is 2.73. The minimum absolute atomic E-state index is 0. The number of nitrogens with zero attached hydrogens (tertiary/aromatic N) is 1. The fraction of sp³-hybridized carbons (Fsp3) is 1.00. The molecule has 2 fully saturated rings. The number of fused-ring (bicyclic) bond motifs is 1. The Morgan fingerprint density at radius 3 is 3.00 bits per heavy atom. The van der Waals surface area contributed by atoms with Gasteiger partial charge in [0.05, 0.1) is 25.9 Å². The van der Waals surface area contributed by atoms with Gasteiger partial charge in [-0.3, -0.25) is 4.90 Å². The van der Waals surface area contributed by atoms with E-state index < -0.39 is 0 Å². The summed E-state index contributed by atoms with van der Waals surface area (Å²) in [6.07, 6.45) is 4.34. The molecule has 1 saturated carbocycles. The fourth-order valence-electron chi connectivity index (χ4n) is 2.65. The number of morpholine rings is 1. The van der Waals surface area contributed by atoms with Gasteiger partial charge in [-0.15, -0.1) is 12.4 Å². The zero-order chi connectivity index (χ0) is 10.5. The van der Waals surface area contributed by atoms with Gasteiger partial charge in [-0.2, -0.15) is 0 Å². The molecule has 1 saturated heterocycles. The summed E-state index contributed by atoms with van der Waals surface area (Å²) in [5.74, 6) is 0. The fourth-order valence-corrected chi connectivity index (χ4v) is 2.65. The summed E-state index contributed by atoms with van der Waals surface area (Å²) >= 11 is 0. The summed E-state index contributed by atoms with van der Waals surface area (Å²) in [6, 6.07) is 0.653. The molecule has 0 spiro atoms. The first kappa shape index (κ1) is 14.2. The van der Waals surface area contributed by atoms with E-state index in [0.29, 0.717) is 25.3 Å². The molecule has 1 aliphatic carbocycles. The van der Waals surface area contributed by atoms with E-state index in [9.17, 15) is 0 Å². The van der Waals surface area contributed by atoms with E-state index >= 15 is 0 Å². The smallest absolute Gasteiger partial charge is 0.0730 e. The molecular formula is C11H23ClN2O2. The molecule has 2 atom stereocenters. The Bertz CT molecular complexity index is 195. The van der Waals surface area contributed by atoms with Crippen LogP contribution in [0.5, 0.6) is 0 Å². The summed E-state index contributed by atoms with van der Waals surface area (Å²) in [6.45, 7) is 5.09. The summed E-state index contributed by atoms with van der Waals surface area (Å²) in [7, 11) is 0. The first-order chi connectivity index (χ1) is 7.42. The highest BCUT2D eigenvalue weighted by molar-refractivity contribution is 5.85. The van der Waals surface area contributed by atoms with Gasteiger partial charge in [-0.05, 0) is 19.3 Å². The van der Waals surface area contributed by atoms with Crippen LogP contribution in [0.1, 0.15) is 19.3 Å². The second-order valence-corrected chi connectivity index (χ2v) is 4.34. The summed E-state index contributed by atoms with van der Waals surface area (Å²) in [5.41, 5.74) is 5.37. The Balaban J connectivity index is 0.00000128. The van der Waals surface area contributed by atoms with Crippen molar-refractivity contribution in [1.82, 2.24) is 4.90 Å². The van der Waals surface area contributed by atoms with Crippen LogP contribution in [0.25, 0.3) is 0 Å². The van der Waals surface area contributed by atoms with E-state index in [1.807, 2.05) is 0 Å². The molecule has 0 aromatic rings. The van der Waals surface area contributed by atoms with Crippen molar-refractivity contribution in [1.29, 1.82) is 0 Å². The Kier molecular flexibility index (Phi) is 6.61. The molecule has 0 aromatic heterocycles. The van der Waals surface area contributed by atoms with Crippen molar-refractivity contribution in [2.24, 2.45) is 5.73 Å². The van der Waals surface area contributed by atoms with E-state index in [0.717, 1.165) is 26.3 Å². The average molecular weight is 251 g/mol. The van der Waals surface area contributed by atoms with Crippen LogP contribution in [0, 0.1) is 0 Å². The Hall–Kier alpha value is 0.130. The SMILES string of the molecule is Cl.NCCOCCN1CCOC2CCCC21. The van der Waals surface area contributed by atoms with E-state index in [1.54, 1.807) is 0 Å². The van der Waals surface area contributed by atoms with Crippen molar-refractivity contribution < 1.29 is 9.47 Å². The zero-order valence-electron chi connectivity index (χ0n) is 9.77. The molecule has 16 heavy (non-hydrogen) atoms. The van der Waals surface area contributed by atoms with Crippen molar-refractivity contribution in [3.05, 3.63) is 0 Å². The Morgan fingerprint density at radius 1 is 1.31 bits per heavy atom. The van der Waals surface area contributed by atoms with E-state index in [1.165, 1.54) is 19.3 Å². The third-order valence-corrected chi connectivity index (χ3v) is 3.38. The zero-order valence-corrected chi connectivity index (χ0v) is 10.6. The molecule has 2 N–H and O–H groups in total. The molecular weight excluding hydrogens is 228 g/mol. The topological polar surface area (TPSA) is 47.7 Å². The van der Waals surface area contributed by atoms with Crippen LogP contribution in [0.4, 0.5) is 0 Å². The van der Waals surface area contributed by atoms with Crippen LogP contribution >= 0.6 is 12.4 Å². The van der Waals surface area contributed by atoms with Crippen molar-refractivity contribution in [3.8, 4) is 0 Å². The summed E-state index contributed by atoms with van der Waals surface area (Å²) < 4.78 is 11.2. The first-order valence-corrected chi connectivity index (χ1v) is 6.05.